The lowest BCUT2D eigenvalue weighted by Gasteiger charge is -2.36. The average Bonchev–Trinajstić information content (AvgIpc) is 3.19. The van der Waals surface area contributed by atoms with Gasteiger partial charge in [0.05, 0.1) is 0 Å². The molecule has 1 aromatic carbocycles. The highest BCUT2D eigenvalue weighted by Crippen LogP contribution is 2.25. The van der Waals surface area contributed by atoms with E-state index in [4.69, 9.17) is 0 Å². The Morgan fingerprint density at radius 1 is 0.923 bits per heavy atom. The van der Waals surface area contributed by atoms with E-state index >= 15 is 0 Å². The number of anilines is 2. The Hall–Kier alpha value is -2.15. The van der Waals surface area contributed by atoms with Crippen LogP contribution in [0.4, 0.5) is 15.2 Å². The zero-order valence-corrected chi connectivity index (χ0v) is 15.6. The maximum Gasteiger partial charge on any atom is 0.273 e. The van der Waals surface area contributed by atoms with Gasteiger partial charge in [0.25, 0.3) is 5.91 Å². The second-order valence-electron chi connectivity index (χ2n) is 6.82. The number of hydrogen-bond donors (Lipinski definition) is 0. The van der Waals surface area contributed by atoms with Crippen LogP contribution in [0.1, 0.15) is 29.8 Å². The van der Waals surface area contributed by atoms with Gasteiger partial charge in [-0.05, 0) is 43.5 Å². The van der Waals surface area contributed by atoms with Gasteiger partial charge >= 0.3 is 0 Å². The average molecular weight is 374 g/mol. The molecule has 0 bridgehead atoms. The van der Waals surface area contributed by atoms with Crippen molar-refractivity contribution in [2.75, 3.05) is 49.1 Å². The molecule has 4 rings (SSSR count). The standard InChI is InChI=1S/C19H23FN4OS/c20-15-4-6-16(7-5-15)22-10-12-24(13-11-22)19-21-17(14-26-19)18(25)23-8-2-1-3-9-23/h4-7,14H,1-3,8-13H2. The summed E-state index contributed by atoms with van der Waals surface area (Å²) in [5.41, 5.74) is 1.62. The zero-order valence-electron chi connectivity index (χ0n) is 14.7. The number of carbonyl (C=O) groups excluding carboxylic acids is 1. The quantitative estimate of drug-likeness (QED) is 0.827. The van der Waals surface area contributed by atoms with Gasteiger partial charge in [0.1, 0.15) is 11.5 Å². The van der Waals surface area contributed by atoms with Crippen molar-refractivity contribution in [1.29, 1.82) is 0 Å². The summed E-state index contributed by atoms with van der Waals surface area (Å²) >= 11 is 1.55. The van der Waals surface area contributed by atoms with E-state index in [-0.39, 0.29) is 11.7 Å². The molecule has 0 aliphatic carbocycles. The van der Waals surface area contributed by atoms with Crippen LogP contribution in [0.25, 0.3) is 0 Å². The molecule has 26 heavy (non-hydrogen) atoms. The van der Waals surface area contributed by atoms with E-state index in [2.05, 4.69) is 14.8 Å². The zero-order chi connectivity index (χ0) is 17.9. The summed E-state index contributed by atoms with van der Waals surface area (Å²) in [5, 5.41) is 2.81. The molecule has 138 valence electrons. The number of carbonyl (C=O) groups is 1. The Morgan fingerprint density at radius 2 is 1.58 bits per heavy atom. The van der Waals surface area contributed by atoms with E-state index in [1.54, 1.807) is 11.3 Å². The Bertz CT molecular complexity index is 749. The van der Waals surface area contributed by atoms with Crippen molar-refractivity contribution >= 4 is 28.1 Å². The first-order valence-corrected chi connectivity index (χ1v) is 10.1. The maximum atomic E-state index is 13.1. The summed E-state index contributed by atoms with van der Waals surface area (Å²) < 4.78 is 13.1. The van der Waals surface area contributed by atoms with Gasteiger partial charge in [-0.25, -0.2) is 9.37 Å². The highest BCUT2D eigenvalue weighted by Gasteiger charge is 2.24. The molecule has 2 aliphatic heterocycles. The van der Waals surface area contributed by atoms with Gasteiger partial charge in [-0.15, -0.1) is 11.3 Å². The molecule has 0 atom stereocenters. The molecular weight excluding hydrogens is 351 g/mol. The molecule has 5 nitrogen and oxygen atoms in total. The first-order valence-electron chi connectivity index (χ1n) is 9.21. The fourth-order valence-corrected chi connectivity index (χ4v) is 4.43. The van der Waals surface area contributed by atoms with E-state index < -0.39 is 0 Å². The van der Waals surface area contributed by atoms with Gasteiger partial charge in [-0.2, -0.15) is 0 Å². The van der Waals surface area contributed by atoms with Crippen molar-refractivity contribution in [3.05, 3.63) is 41.2 Å². The van der Waals surface area contributed by atoms with Crippen molar-refractivity contribution in [2.24, 2.45) is 0 Å². The predicted molar refractivity (Wildman–Crippen MR) is 103 cm³/mol. The van der Waals surface area contributed by atoms with Crippen LogP contribution in [-0.4, -0.2) is 55.1 Å². The number of likely N-dealkylation sites (tertiary alicyclic amines) is 1. The second-order valence-corrected chi connectivity index (χ2v) is 7.66. The summed E-state index contributed by atoms with van der Waals surface area (Å²) in [7, 11) is 0. The van der Waals surface area contributed by atoms with Crippen LogP contribution in [0.3, 0.4) is 0 Å². The molecule has 3 heterocycles. The SMILES string of the molecule is O=C(c1csc(N2CCN(c3ccc(F)cc3)CC2)n1)N1CCCCC1. The predicted octanol–water partition coefficient (Wildman–Crippen LogP) is 3.23. The lowest BCUT2D eigenvalue weighted by Crippen LogP contribution is -2.46. The Morgan fingerprint density at radius 3 is 2.27 bits per heavy atom. The number of piperidine rings is 1. The van der Waals surface area contributed by atoms with Crippen molar-refractivity contribution in [2.45, 2.75) is 19.3 Å². The van der Waals surface area contributed by atoms with Gasteiger partial charge in [-0.1, -0.05) is 0 Å². The molecule has 0 N–H and O–H groups in total. The number of piperazine rings is 1. The first kappa shape index (κ1) is 17.3. The van der Waals surface area contributed by atoms with Crippen molar-refractivity contribution in [3.63, 3.8) is 0 Å². The minimum absolute atomic E-state index is 0.0668. The van der Waals surface area contributed by atoms with Crippen molar-refractivity contribution < 1.29 is 9.18 Å². The number of benzene rings is 1. The number of hydrogen-bond acceptors (Lipinski definition) is 5. The third-order valence-corrected chi connectivity index (χ3v) is 6.00. The van der Waals surface area contributed by atoms with E-state index in [0.29, 0.717) is 5.69 Å². The first-order chi connectivity index (χ1) is 12.7. The third kappa shape index (κ3) is 3.67. The van der Waals surface area contributed by atoms with E-state index in [9.17, 15) is 9.18 Å². The molecule has 0 unspecified atom stereocenters. The molecule has 2 fully saturated rings. The minimum Gasteiger partial charge on any atom is -0.368 e. The molecule has 0 saturated carbocycles. The maximum absolute atomic E-state index is 13.1. The molecular formula is C19H23FN4OS. The van der Waals surface area contributed by atoms with E-state index in [1.807, 2.05) is 22.4 Å². The summed E-state index contributed by atoms with van der Waals surface area (Å²) in [6, 6.07) is 6.65. The van der Waals surface area contributed by atoms with Crippen LogP contribution < -0.4 is 9.80 Å². The van der Waals surface area contributed by atoms with Crippen LogP contribution in [-0.2, 0) is 0 Å². The van der Waals surface area contributed by atoms with Crippen molar-refractivity contribution in [1.82, 2.24) is 9.88 Å². The highest BCUT2D eigenvalue weighted by molar-refractivity contribution is 7.13. The lowest BCUT2D eigenvalue weighted by molar-refractivity contribution is 0.0719. The fraction of sp³-hybridized carbons (Fsp3) is 0.474. The number of rotatable bonds is 3. The summed E-state index contributed by atoms with van der Waals surface area (Å²) in [4.78, 5) is 23.6. The van der Waals surface area contributed by atoms with Crippen LogP contribution in [0.15, 0.2) is 29.6 Å². The van der Waals surface area contributed by atoms with Crippen LogP contribution in [0.5, 0.6) is 0 Å². The normalized spacial score (nSPS) is 18.3. The van der Waals surface area contributed by atoms with Crippen LogP contribution in [0, 0.1) is 5.82 Å². The molecule has 1 amide bonds. The summed E-state index contributed by atoms with van der Waals surface area (Å²) in [6.07, 6.45) is 3.40. The van der Waals surface area contributed by atoms with Gasteiger partial charge in [0.2, 0.25) is 0 Å². The lowest BCUT2D eigenvalue weighted by atomic mass is 10.1. The topological polar surface area (TPSA) is 39.7 Å². The largest absolute Gasteiger partial charge is 0.368 e. The molecule has 1 aromatic heterocycles. The number of aromatic nitrogens is 1. The highest BCUT2D eigenvalue weighted by atomic mass is 32.1. The Labute approximate surface area is 157 Å². The summed E-state index contributed by atoms with van der Waals surface area (Å²) in [5.74, 6) is -0.141. The van der Waals surface area contributed by atoms with E-state index in [0.717, 1.165) is 62.9 Å². The molecule has 2 saturated heterocycles. The molecule has 0 spiro atoms. The Kier molecular flexibility index (Phi) is 5.06. The number of amides is 1. The second kappa shape index (κ2) is 7.61. The van der Waals surface area contributed by atoms with Gasteiger partial charge in [0.15, 0.2) is 5.13 Å². The van der Waals surface area contributed by atoms with Gasteiger partial charge < -0.3 is 14.7 Å². The number of halogens is 1. The van der Waals surface area contributed by atoms with Crippen LogP contribution in [0.2, 0.25) is 0 Å². The molecule has 2 aromatic rings. The summed E-state index contributed by atoms with van der Waals surface area (Å²) in [6.45, 7) is 5.12. The van der Waals surface area contributed by atoms with Gasteiger partial charge in [-0.3, -0.25) is 4.79 Å². The van der Waals surface area contributed by atoms with Crippen molar-refractivity contribution in [3.8, 4) is 0 Å². The minimum atomic E-state index is -0.207. The Balaban J connectivity index is 1.36. The van der Waals surface area contributed by atoms with Crippen LogP contribution >= 0.6 is 11.3 Å². The number of nitrogens with zero attached hydrogens (tertiary/aromatic N) is 4. The monoisotopic (exact) mass is 374 g/mol. The van der Waals surface area contributed by atoms with E-state index in [1.165, 1.54) is 18.6 Å². The fourth-order valence-electron chi connectivity index (χ4n) is 3.57. The molecule has 7 heteroatoms. The third-order valence-electron chi connectivity index (χ3n) is 5.10. The molecule has 0 radical (unpaired) electrons. The smallest absolute Gasteiger partial charge is 0.273 e. The number of thiazole rings is 1. The molecule has 2 aliphatic rings. The van der Waals surface area contributed by atoms with Gasteiger partial charge in [0, 0.05) is 50.3 Å².